The smallest absolute Gasteiger partial charge is 0.248 e. The standard InChI is InChI=1S/C25H29N5O2S.C25H27N5OS.C24H25N5OS.C18H12ClN3OS/c1-17-15-30(18(2)14-29(17)3)25-27-13-22(33-21-11-9-20(10-12-21)23(26)31)24(28-25)32-16-19-7-5-4-6-8-19;1-18-16-30(19(2)15-29(18)3)25-27-14-23(32-22-11-9-20(13-26)10-12-22)24(28-25)31-17-21-7-5-4-6-8-21;1-17-15-29(18(2)13-26-17)24-27-14-22(31-21-10-8-19(12-25)9-11-21)23(28-24)30-16-20-6-4-3-5-7-20;19-18-21-11-16(24-15-8-6-13(10-20)7-9-15)17(22-18)23-12-14-4-2-1-3-5-14/h4-13,17-18H,14-16H2,1-3H3,(H2,26,31);4-12,14,18-19H,15-17H2,1-3H3;3-11,14,17-18,26H,13,15-16H2,1-2H3;1-9,11H,12H2/t17-,18+;18-,19+;17-,18+;/m000./s1. The van der Waals surface area contributed by atoms with E-state index in [1.54, 1.807) is 30.5 Å². The lowest BCUT2D eigenvalue weighted by molar-refractivity contribution is 0.1000. The highest BCUT2D eigenvalue weighted by Crippen LogP contribution is 2.40. The van der Waals surface area contributed by atoms with Crippen LogP contribution in [0.4, 0.5) is 17.8 Å². The minimum absolute atomic E-state index is 0.141. The van der Waals surface area contributed by atoms with Crippen LogP contribution in [-0.4, -0.2) is 145 Å². The van der Waals surface area contributed by atoms with E-state index in [9.17, 15) is 4.79 Å². The largest absolute Gasteiger partial charge is 0.472 e. The van der Waals surface area contributed by atoms with Crippen molar-refractivity contribution in [3.05, 3.63) is 293 Å². The highest BCUT2D eigenvalue weighted by atomic mass is 35.5. The molecule has 3 saturated heterocycles. The molecule has 3 fully saturated rings. The van der Waals surface area contributed by atoms with Crippen LogP contribution in [0.1, 0.15) is 90.8 Å². The highest BCUT2D eigenvalue weighted by molar-refractivity contribution is 8.00. The summed E-state index contributed by atoms with van der Waals surface area (Å²) in [6.45, 7) is 20.3. The lowest BCUT2D eigenvalue weighted by atomic mass is 10.1. The maximum absolute atomic E-state index is 11.4. The molecule has 612 valence electrons. The van der Waals surface area contributed by atoms with Crippen molar-refractivity contribution in [1.82, 2.24) is 55.0 Å². The molecule has 120 heavy (non-hydrogen) atoms. The number of anilines is 3. The van der Waals surface area contributed by atoms with Crippen LogP contribution in [0.3, 0.4) is 0 Å². The third-order valence-corrected chi connectivity index (χ3v) is 24.0. The van der Waals surface area contributed by atoms with E-state index in [1.807, 2.05) is 213 Å². The first-order valence-corrected chi connectivity index (χ1v) is 42.8. The van der Waals surface area contributed by atoms with Gasteiger partial charge >= 0.3 is 0 Å². The number of amides is 1. The molecule has 12 aromatic rings. The van der Waals surface area contributed by atoms with Crippen molar-refractivity contribution < 1.29 is 23.7 Å². The van der Waals surface area contributed by atoms with E-state index in [-0.39, 0.29) is 5.28 Å². The number of nitrogens with two attached hydrogens (primary N) is 1. The molecule has 3 aliphatic heterocycles. The van der Waals surface area contributed by atoms with Crippen LogP contribution >= 0.6 is 58.6 Å². The van der Waals surface area contributed by atoms with E-state index in [2.05, 4.69) is 119 Å². The second-order valence-electron chi connectivity index (χ2n) is 29.0. The number of hydrogen-bond donors (Lipinski definition) is 2. The van der Waals surface area contributed by atoms with Crippen molar-refractivity contribution in [2.45, 2.75) is 143 Å². The fourth-order valence-corrected chi connectivity index (χ4v) is 16.2. The number of halogens is 1. The van der Waals surface area contributed by atoms with Crippen molar-refractivity contribution in [2.75, 3.05) is 68.1 Å². The molecule has 3 N–H and O–H groups in total. The number of nitrogens with zero attached hydrogens (tertiary/aromatic N) is 16. The fraction of sp³-hybridized carbons (Fsp3) is 0.261. The Morgan fingerprint density at radius 3 is 1.00 bits per heavy atom. The van der Waals surface area contributed by atoms with Crippen molar-refractivity contribution in [2.24, 2.45) is 5.73 Å². The minimum atomic E-state index is -0.443. The first-order chi connectivity index (χ1) is 58.3. The molecular weight excluding hydrogens is 1600 g/mol. The van der Waals surface area contributed by atoms with Gasteiger partial charge in [0.25, 0.3) is 0 Å². The third-order valence-electron chi connectivity index (χ3n) is 19.8. The molecule has 0 unspecified atom stereocenters. The van der Waals surface area contributed by atoms with Gasteiger partial charge in [0.05, 0.1) is 73.1 Å². The average molecular weight is 1690 g/mol. The number of aromatic nitrogens is 8. The second-order valence-corrected chi connectivity index (χ2v) is 33.8. The predicted octanol–water partition coefficient (Wildman–Crippen LogP) is 17.4. The van der Waals surface area contributed by atoms with E-state index in [1.165, 1.54) is 47.0 Å². The number of carbonyl (C=O) groups is 1. The van der Waals surface area contributed by atoms with Crippen LogP contribution in [0.2, 0.25) is 5.28 Å². The first kappa shape index (κ1) is 87.5. The Balaban J connectivity index is 0.000000148. The lowest BCUT2D eigenvalue weighted by Gasteiger charge is -2.42. The van der Waals surface area contributed by atoms with E-state index in [0.717, 1.165) is 101 Å². The van der Waals surface area contributed by atoms with Gasteiger partial charge in [-0.1, -0.05) is 168 Å². The Kier molecular flexibility index (Phi) is 31.9. The molecule has 0 bridgehead atoms. The van der Waals surface area contributed by atoms with Gasteiger partial charge in [0.1, 0.15) is 26.4 Å². The van der Waals surface area contributed by atoms with Gasteiger partial charge in [-0.25, -0.2) is 19.9 Å². The number of ether oxygens (including phenoxy) is 4. The van der Waals surface area contributed by atoms with Crippen LogP contribution in [0.15, 0.2) is 282 Å². The van der Waals surface area contributed by atoms with E-state index in [4.69, 9.17) is 77.0 Å². The summed E-state index contributed by atoms with van der Waals surface area (Å²) in [6.07, 6.45) is 7.15. The molecule has 0 spiro atoms. The Morgan fingerprint density at radius 1 is 0.400 bits per heavy atom. The van der Waals surface area contributed by atoms with Crippen molar-refractivity contribution in [3.63, 3.8) is 0 Å². The van der Waals surface area contributed by atoms with E-state index < -0.39 is 5.91 Å². The number of nitriles is 3. The quantitative estimate of drug-likeness (QED) is 0.0532. The Morgan fingerprint density at radius 2 is 0.692 bits per heavy atom. The fourth-order valence-electron chi connectivity index (χ4n) is 12.8. The Hall–Kier alpha value is -11.8. The molecule has 7 heterocycles. The van der Waals surface area contributed by atoms with Crippen LogP contribution < -0.4 is 44.7 Å². The molecular formula is C92H93ClN18O5S4. The zero-order valence-corrected chi connectivity index (χ0v) is 71.9. The average Bonchev–Trinajstić information content (AvgIpc) is 0.809. The van der Waals surface area contributed by atoms with Crippen LogP contribution in [-0.2, 0) is 26.4 Å². The predicted molar refractivity (Wildman–Crippen MR) is 473 cm³/mol. The van der Waals surface area contributed by atoms with Crippen LogP contribution in [0.25, 0.3) is 0 Å². The number of benzene rings is 8. The lowest BCUT2D eigenvalue weighted by Crippen LogP contribution is -2.55. The van der Waals surface area contributed by atoms with Crippen LogP contribution in [0, 0.1) is 34.0 Å². The zero-order valence-electron chi connectivity index (χ0n) is 67.9. The molecule has 3 aliphatic rings. The molecule has 0 saturated carbocycles. The van der Waals surface area contributed by atoms with Gasteiger partial charge < -0.3 is 44.7 Å². The van der Waals surface area contributed by atoms with Crippen LogP contribution in [0.5, 0.6) is 23.5 Å². The van der Waals surface area contributed by atoms with Gasteiger partial charge in [-0.2, -0.15) is 35.7 Å². The number of hydrogen-bond acceptors (Lipinski definition) is 26. The normalized spacial score (nSPS) is 17.0. The van der Waals surface area contributed by atoms with Gasteiger partial charge in [0, 0.05) is 107 Å². The molecule has 0 radical (unpaired) electrons. The van der Waals surface area contributed by atoms with Gasteiger partial charge in [-0.15, -0.1) is 0 Å². The van der Waals surface area contributed by atoms with E-state index in [0.29, 0.717) is 126 Å². The molecule has 23 nitrogen and oxygen atoms in total. The third kappa shape index (κ3) is 25.4. The number of likely N-dealkylation sites (N-methyl/N-ethyl adjacent to an activating group) is 2. The highest BCUT2D eigenvalue weighted by Gasteiger charge is 2.32. The summed E-state index contributed by atoms with van der Waals surface area (Å²) in [4.78, 5) is 66.8. The number of nitrogens with one attached hydrogen (secondary N) is 1. The molecule has 6 atom stereocenters. The summed E-state index contributed by atoms with van der Waals surface area (Å²) in [6, 6.07) is 78.0. The minimum Gasteiger partial charge on any atom is -0.472 e. The van der Waals surface area contributed by atoms with Crippen molar-refractivity contribution in [1.29, 1.82) is 15.8 Å². The molecule has 0 aliphatic carbocycles. The van der Waals surface area contributed by atoms with Gasteiger partial charge in [0.2, 0.25) is 52.6 Å². The summed E-state index contributed by atoms with van der Waals surface area (Å²) in [7, 11) is 4.31. The summed E-state index contributed by atoms with van der Waals surface area (Å²) < 4.78 is 24.4. The number of carbonyl (C=O) groups excluding carboxylic acids is 1. The van der Waals surface area contributed by atoms with E-state index >= 15 is 0 Å². The molecule has 15 rings (SSSR count). The van der Waals surface area contributed by atoms with Gasteiger partial charge in [0.15, 0.2) is 0 Å². The maximum atomic E-state index is 11.4. The Labute approximate surface area is 723 Å². The summed E-state index contributed by atoms with van der Waals surface area (Å²) >= 11 is 11.9. The first-order valence-electron chi connectivity index (χ1n) is 39.2. The van der Waals surface area contributed by atoms with Crippen molar-refractivity contribution >= 4 is 82.4 Å². The van der Waals surface area contributed by atoms with Crippen molar-refractivity contribution in [3.8, 4) is 41.7 Å². The number of piperazine rings is 3. The van der Waals surface area contributed by atoms with Gasteiger partial charge in [-0.05, 0) is 187 Å². The SMILES string of the molecule is C[C@@H]1CN(C)[C@@H](C)CN1c1ncc(Sc2ccc(C#N)cc2)c(OCc2ccccc2)n1.C[C@@H]1CN(C)[C@@H](C)CN1c1ncc(Sc2ccc(C(N)=O)cc2)c(OCc2ccccc2)n1.C[C@@H]1CN[C@@H](C)CN1c1ncc(Sc2ccc(C#N)cc2)c(OCc2ccccc2)n1.N#Cc1ccc(Sc2cnc(Cl)nc2OCc2ccccc2)cc1. The zero-order chi connectivity index (χ0) is 84.3. The number of primary amides is 1. The summed E-state index contributed by atoms with van der Waals surface area (Å²) in [5.41, 5.74) is 12.0. The monoisotopic (exact) mass is 1690 g/mol. The second kappa shape index (κ2) is 43.8. The molecule has 8 aromatic carbocycles. The summed E-state index contributed by atoms with van der Waals surface area (Å²) in [5, 5.41) is 30.6. The number of rotatable bonds is 24. The summed E-state index contributed by atoms with van der Waals surface area (Å²) in [5.74, 6) is 3.76. The Bertz CT molecular complexity index is 5440. The topological polar surface area (TPSA) is 283 Å². The maximum Gasteiger partial charge on any atom is 0.248 e. The van der Waals surface area contributed by atoms with Gasteiger partial charge in [-0.3, -0.25) is 14.6 Å². The molecule has 1 amide bonds. The molecule has 4 aromatic heterocycles. The molecule has 28 heteroatoms.